The lowest BCUT2D eigenvalue weighted by molar-refractivity contribution is 0.100. The van der Waals surface area contributed by atoms with Gasteiger partial charge in [-0.3, -0.25) is 4.79 Å². The third-order valence-corrected chi connectivity index (χ3v) is 2.83. The lowest BCUT2D eigenvalue weighted by atomic mass is 9.88. The SMILES string of the molecule is CC(Nc1cccc(C(N)=O)c1)C(C)(C)C. The van der Waals surface area contributed by atoms with Crippen molar-refractivity contribution in [3.05, 3.63) is 29.8 Å². The first-order chi connectivity index (χ1) is 7.30. The molecule has 1 rings (SSSR count). The van der Waals surface area contributed by atoms with Crippen LogP contribution in [0, 0.1) is 5.41 Å². The highest BCUT2D eigenvalue weighted by Crippen LogP contribution is 2.23. The van der Waals surface area contributed by atoms with Crippen LogP contribution in [0.25, 0.3) is 0 Å². The quantitative estimate of drug-likeness (QED) is 0.822. The Morgan fingerprint density at radius 2 is 2.00 bits per heavy atom. The molecular weight excluding hydrogens is 200 g/mol. The molecule has 3 heteroatoms. The van der Waals surface area contributed by atoms with Gasteiger partial charge in [0.1, 0.15) is 0 Å². The largest absolute Gasteiger partial charge is 0.382 e. The van der Waals surface area contributed by atoms with Gasteiger partial charge in [-0.1, -0.05) is 26.8 Å². The second kappa shape index (κ2) is 4.56. The molecule has 0 aliphatic rings. The van der Waals surface area contributed by atoms with Crippen LogP contribution < -0.4 is 11.1 Å². The minimum absolute atomic E-state index is 0.169. The summed E-state index contributed by atoms with van der Waals surface area (Å²) in [7, 11) is 0. The molecule has 0 saturated heterocycles. The molecule has 88 valence electrons. The summed E-state index contributed by atoms with van der Waals surface area (Å²) in [5.41, 5.74) is 6.86. The van der Waals surface area contributed by atoms with Crippen molar-refractivity contribution >= 4 is 11.6 Å². The standard InChI is InChI=1S/C13H20N2O/c1-9(13(2,3)4)15-11-7-5-6-10(8-11)12(14)16/h5-9,15H,1-4H3,(H2,14,16). The average molecular weight is 220 g/mol. The maximum atomic E-state index is 11.0. The van der Waals surface area contributed by atoms with Gasteiger partial charge in [-0.05, 0) is 30.5 Å². The van der Waals surface area contributed by atoms with Crippen molar-refractivity contribution in [2.75, 3.05) is 5.32 Å². The number of hydrogen-bond donors (Lipinski definition) is 2. The fourth-order valence-corrected chi connectivity index (χ4v) is 1.23. The number of carbonyl (C=O) groups is 1. The van der Waals surface area contributed by atoms with Crippen LogP contribution in [0.4, 0.5) is 5.69 Å². The van der Waals surface area contributed by atoms with E-state index in [0.717, 1.165) is 5.69 Å². The number of anilines is 1. The Morgan fingerprint density at radius 1 is 1.38 bits per heavy atom. The van der Waals surface area contributed by atoms with Crippen LogP contribution in [0.3, 0.4) is 0 Å². The van der Waals surface area contributed by atoms with E-state index in [1.54, 1.807) is 12.1 Å². The average Bonchev–Trinajstić information content (AvgIpc) is 2.16. The minimum Gasteiger partial charge on any atom is -0.382 e. The van der Waals surface area contributed by atoms with E-state index in [1.807, 2.05) is 12.1 Å². The fourth-order valence-electron chi connectivity index (χ4n) is 1.23. The Morgan fingerprint density at radius 3 is 2.50 bits per heavy atom. The Balaban J connectivity index is 2.82. The van der Waals surface area contributed by atoms with E-state index < -0.39 is 5.91 Å². The fraction of sp³-hybridized carbons (Fsp3) is 0.462. The van der Waals surface area contributed by atoms with Crippen LogP contribution in [-0.2, 0) is 0 Å². The highest BCUT2D eigenvalue weighted by molar-refractivity contribution is 5.93. The molecule has 3 N–H and O–H groups in total. The van der Waals surface area contributed by atoms with Crippen molar-refractivity contribution in [1.29, 1.82) is 0 Å². The van der Waals surface area contributed by atoms with Crippen molar-refractivity contribution in [1.82, 2.24) is 0 Å². The lowest BCUT2D eigenvalue weighted by Crippen LogP contribution is -2.30. The van der Waals surface area contributed by atoms with E-state index in [0.29, 0.717) is 11.6 Å². The summed E-state index contributed by atoms with van der Waals surface area (Å²) >= 11 is 0. The number of nitrogens with one attached hydrogen (secondary N) is 1. The number of rotatable bonds is 3. The summed E-state index contributed by atoms with van der Waals surface area (Å²) in [5, 5.41) is 3.37. The van der Waals surface area contributed by atoms with Gasteiger partial charge in [0.25, 0.3) is 0 Å². The summed E-state index contributed by atoms with van der Waals surface area (Å²) in [5.74, 6) is -0.396. The summed E-state index contributed by atoms with van der Waals surface area (Å²) in [6, 6.07) is 7.59. The first kappa shape index (κ1) is 12.6. The summed E-state index contributed by atoms with van der Waals surface area (Å²) in [6.45, 7) is 8.63. The molecular formula is C13H20N2O. The van der Waals surface area contributed by atoms with E-state index in [4.69, 9.17) is 5.73 Å². The molecule has 0 aliphatic heterocycles. The van der Waals surface area contributed by atoms with E-state index in [-0.39, 0.29) is 5.41 Å². The van der Waals surface area contributed by atoms with E-state index in [2.05, 4.69) is 33.0 Å². The van der Waals surface area contributed by atoms with E-state index >= 15 is 0 Å². The van der Waals surface area contributed by atoms with Gasteiger partial charge in [-0.25, -0.2) is 0 Å². The normalized spacial score (nSPS) is 13.2. The van der Waals surface area contributed by atoms with Crippen molar-refractivity contribution in [3.63, 3.8) is 0 Å². The van der Waals surface area contributed by atoms with Crippen LogP contribution in [0.5, 0.6) is 0 Å². The third kappa shape index (κ3) is 3.26. The number of hydrogen-bond acceptors (Lipinski definition) is 2. The lowest BCUT2D eigenvalue weighted by Gasteiger charge is -2.29. The molecule has 1 amide bonds. The number of nitrogens with two attached hydrogens (primary N) is 1. The van der Waals surface area contributed by atoms with E-state index in [9.17, 15) is 4.79 Å². The highest BCUT2D eigenvalue weighted by atomic mass is 16.1. The van der Waals surface area contributed by atoms with Gasteiger partial charge in [0.15, 0.2) is 0 Å². The first-order valence-electron chi connectivity index (χ1n) is 5.47. The van der Waals surface area contributed by atoms with Gasteiger partial charge in [-0.15, -0.1) is 0 Å². The van der Waals surface area contributed by atoms with Crippen LogP contribution in [-0.4, -0.2) is 11.9 Å². The van der Waals surface area contributed by atoms with Gasteiger partial charge in [0.2, 0.25) is 5.91 Å². The second-order valence-corrected chi connectivity index (χ2v) is 5.18. The molecule has 0 saturated carbocycles. The van der Waals surface area contributed by atoms with Crippen molar-refractivity contribution in [2.24, 2.45) is 11.1 Å². The van der Waals surface area contributed by atoms with Crippen LogP contribution in [0.1, 0.15) is 38.1 Å². The highest BCUT2D eigenvalue weighted by Gasteiger charge is 2.19. The third-order valence-electron chi connectivity index (χ3n) is 2.83. The van der Waals surface area contributed by atoms with Crippen LogP contribution in [0.2, 0.25) is 0 Å². The Labute approximate surface area is 97.0 Å². The Kier molecular flexibility index (Phi) is 3.58. The Bertz CT molecular complexity index is 380. The maximum absolute atomic E-state index is 11.0. The van der Waals surface area contributed by atoms with Gasteiger partial charge in [0.05, 0.1) is 0 Å². The van der Waals surface area contributed by atoms with Gasteiger partial charge in [-0.2, -0.15) is 0 Å². The summed E-state index contributed by atoms with van der Waals surface area (Å²) in [6.07, 6.45) is 0. The second-order valence-electron chi connectivity index (χ2n) is 5.18. The molecule has 0 spiro atoms. The molecule has 0 aliphatic carbocycles. The van der Waals surface area contributed by atoms with Crippen molar-refractivity contribution in [2.45, 2.75) is 33.7 Å². The molecule has 1 aromatic rings. The van der Waals surface area contributed by atoms with Gasteiger partial charge < -0.3 is 11.1 Å². The molecule has 16 heavy (non-hydrogen) atoms. The molecule has 0 bridgehead atoms. The zero-order valence-electron chi connectivity index (χ0n) is 10.4. The molecule has 0 aromatic heterocycles. The number of amides is 1. The predicted molar refractivity (Wildman–Crippen MR) is 67.5 cm³/mol. The number of benzene rings is 1. The zero-order valence-corrected chi connectivity index (χ0v) is 10.4. The van der Waals surface area contributed by atoms with Crippen molar-refractivity contribution in [3.8, 4) is 0 Å². The monoisotopic (exact) mass is 220 g/mol. The molecule has 0 fully saturated rings. The summed E-state index contributed by atoms with van der Waals surface area (Å²) < 4.78 is 0. The predicted octanol–water partition coefficient (Wildman–Crippen LogP) is 2.63. The number of primary amides is 1. The maximum Gasteiger partial charge on any atom is 0.248 e. The van der Waals surface area contributed by atoms with Crippen LogP contribution >= 0.6 is 0 Å². The van der Waals surface area contributed by atoms with E-state index in [1.165, 1.54) is 0 Å². The Hall–Kier alpha value is -1.51. The smallest absolute Gasteiger partial charge is 0.248 e. The minimum atomic E-state index is -0.396. The molecule has 1 unspecified atom stereocenters. The van der Waals surface area contributed by atoms with Crippen LogP contribution in [0.15, 0.2) is 24.3 Å². The van der Waals surface area contributed by atoms with Gasteiger partial charge in [0, 0.05) is 17.3 Å². The van der Waals surface area contributed by atoms with Crippen molar-refractivity contribution < 1.29 is 4.79 Å². The molecule has 0 radical (unpaired) electrons. The topological polar surface area (TPSA) is 55.1 Å². The molecule has 0 heterocycles. The summed E-state index contributed by atoms with van der Waals surface area (Å²) in [4.78, 5) is 11.0. The number of carbonyl (C=O) groups excluding carboxylic acids is 1. The molecule has 1 aromatic carbocycles. The zero-order chi connectivity index (χ0) is 12.3. The molecule has 1 atom stereocenters. The first-order valence-corrected chi connectivity index (χ1v) is 5.47. The van der Waals surface area contributed by atoms with Gasteiger partial charge >= 0.3 is 0 Å². The molecule has 3 nitrogen and oxygen atoms in total.